The molecule has 0 spiro atoms. The number of anilines is 1. The number of hydrogen-bond acceptors (Lipinski definition) is 1. The molecule has 0 bridgehead atoms. The van der Waals surface area contributed by atoms with Crippen LogP contribution in [0.4, 0.5) is 5.82 Å². The van der Waals surface area contributed by atoms with Crippen molar-refractivity contribution in [2.24, 2.45) is 0 Å². The predicted molar refractivity (Wildman–Crippen MR) is 36.9 cm³/mol. The van der Waals surface area contributed by atoms with Gasteiger partial charge in [-0.25, -0.2) is 4.98 Å². The molecule has 0 aliphatic rings. The lowest BCUT2D eigenvalue weighted by molar-refractivity contribution is -0.370. The summed E-state index contributed by atoms with van der Waals surface area (Å²) in [5.74, 6) is 0.484. The van der Waals surface area contributed by atoms with Crippen molar-refractivity contribution in [3.05, 3.63) is 23.4 Å². The molecule has 2 heteroatoms. The van der Waals surface area contributed by atoms with E-state index >= 15 is 0 Å². The molecule has 1 aromatic heterocycles. The van der Waals surface area contributed by atoms with E-state index in [9.17, 15) is 0 Å². The highest BCUT2D eigenvalue weighted by molar-refractivity contribution is 5.26. The van der Waals surface area contributed by atoms with Crippen LogP contribution >= 0.6 is 0 Å². The standard InChI is InChI=1S/C7H10N2/c1-5-3-6(2)9-7(8)4-5/h3-4H,1-2H3,(H2,8,9)/p+1/i/hD. The van der Waals surface area contributed by atoms with Crippen molar-refractivity contribution in [1.82, 2.24) is 0 Å². The van der Waals surface area contributed by atoms with Crippen LogP contribution in [0.15, 0.2) is 12.1 Å². The molecule has 0 aromatic carbocycles. The Morgan fingerprint density at radius 1 is 1.56 bits per heavy atom. The van der Waals surface area contributed by atoms with Crippen molar-refractivity contribution in [1.29, 1.82) is 0 Å². The average Bonchev–Trinajstić information content (AvgIpc) is 1.82. The molecule has 0 aliphatic heterocycles. The summed E-state index contributed by atoms with van der Waals surface area (Å²) in [4.78, 5) is 1.22. The minimum absolute atomic E-state index is 0.484. The average molecular weight is 124 g/mol. The van der Waals surface area contributed by atoms with Gasteiger partial charge < -0.3 is 0 Å². The van der Waals surface area contributed by atoms with E-state index in [-0.39, 0.29) is 0 Å². The molecular weight excluding hydrogens is 112 g/mol. The van der Waals surface area contributed by atoms with Crippen LogP contribution in [-0.2, 0) is 0 Å². The van der Waals surface area contributed by atoms with Gasteiger partial charge in [-0.1, -0.05) is 0 Å². The molecule has 0 saturated heterocycles. The molecule has 0 saturated carbocycles. The number of H-pyrrole nitrogens is 1. The molecule has 0 amide bonds. The van der Waals surface area contributed by atoms with Gasteiger partial charge in [0, 0.05) is 6.07 Å². The zero-order chi connectivity index (χ0) is 7.72. The molecule has 0 unspecified atom stereocenters. The number of aryl methyl sites for hydroxylation is 2. The third-order valence-electron chi connectivity index (χ3n) is 1.12. The summed E-state index contributed by atoms with van der Waals surface area (Å²) in [6.45, 7) is 3.82. The minimum Gasteiger partial charge on any atom is -0.287 e. The number of rotatable bonds is 0. The van der Waals surface area contributed by atoms with Gasteiger partial charge in [0.25, 0.3) is 5.82 Å². The summed E-state index contributed by atoms with van der Waals surface area (Å²) in [6.07, 6.45) is 0. The first kappa shape index (κ1) is 4.79. The minimum atomic E-state index is 0.484. The van der Waals surface area contributed by atoms with Gasteiger partial charge in [-0.2, -0.15) is 0 Å². The molecule has 0 fully saturated rings. The van der Waals surface area contributed by atoms with Gasteiger partial charge in [-0.15, -0.1) is 0 Å². The Labute approximate surface area is 56.2 Å². The van der Waals surface area contributed by atoms with E-state index in [0.29, 0.717) is 5.82 Å². The monoisotopic (exact) mass is 124 g/mol. The highest BCUT2D eigenvalue weighted by Crippen LogP contribution is 1.99. The van der Waals surface area contributed by atoms with Gasteiger partial charge in [-0.3, -0.25) is 5.73 Å². The maximum atomic E-state index is 7.33. The summed E-state index contributed by atoms with van der Waals surface area (Å²) < 4.78 is 7.33. The molecule has 2 nitrogen and oxygen atoms in total. The van der Waals surface area contributed by atoms with Crippen LogP contribution in [0.5, 0.6) is 0 Å². The van der Waals surface area contributed by atoms with Crippen molar-refractivity contribution >= 4 is 5.82 Å². The Hall–Kier alpha value is -1.05. The third-order valence-corrected chi connectivity index (χ3v) is 1.12. The molecule has 0 radical (unpaired) electrons. The fraction of sp³-hybridized carbons (Fsp3) is 0.286. The van der Waals surface area contributed by atoms with Gasteiger partial charge in [0.15, 0.2) is 0 Å². The first-order valence-electron chi connectivity index (χ1n) is 3.34. The molecule has 0 aliphatic carbocycles. The predicted octanol–water partition coefficient (Wildman–Crippen LogP) is 0.700. The van der Waals surface area contributed by atoms with Crippen molar-refractivity contribution in [2.75, 3.05) is 5.73 Å². The zero-order valence-electron chi connectivity index (χ0n) is 6.68. The summed E-state index contributed by atoms with van der Waals surface area (Å²) in [5, 5.41) is 0. The van der Waals surface area contributed by atoms with Crippen molar-refractivity contribution in [2.45, 2.75) is 13.8 Å². The van der Waals surface area contributed by atoms with Crippen LogP contribution in [0.25, 0.3) is 0 Å². The number of hydrogen-bond donors (Lipinski definition) is 1. The van der Waals surface area contributed by atoms with E-state index in [1.54, 1.807) is 6.07 Å². The lowest BCUT2D eigenvalue weighted by Gasteiger charge is -1.91. The molecule has 3 N–H and O–H groups in total. The van der Waals surface area contributed by atoms with Crippen LogP contribution in [0.1, 0.15) is 11.3 Å². The van der Waals surface area contributed by atoms with Gasteiger partial charge in [0.2, 0.25) is 0 Å². The van der Waals surface area contributed by atoms with Crippen LogP contribution in [0.3, 0.4) is 0 Å². The lowest BCUT2D eigenvalue weighted by Crippen LogP contribution is -2.13. The summed E-state index contributed by atoms with van der Waals surface area (Å²) in [6, 6.07) is 3.70. The number of nitrogens with one attached hydrogen (secondary N) is 1. The van der Waals surface area contributed by atoms with E-state index in [4.69, 9.17) is 7.15 Å². The van der Waals surface area contributed by atoms with E-state index in [1.807, 2.05) is 19.9 Å². The maximum Gasteiger partial charge on any atom is 0.312 e. The molecule has 1 aromatic rings. The number of nitrogens with two attached hydrogens (primary N) is 1. The third kappa shape index (κ3) is 1.42. The van der Waals surface area contributed by atoms with E-state index < -0.39 is 0 Å². The normalized spacial score (nSPS) is 11.1. The number of pyridine rings is 1. The van der Waals surface area contributed by atoms with Gasteiger partial charge in [-0.05, 0) is 25.5 Å². The van der Waals surface area contributed by atoms with Crippen LogP contribution in [0.2, 0.25) is 1.41 Å². The van der Waals surface area contributed by atoms with Crippen LogP contribution < -0.4 is 10.7 Å². The molecule has 1 heterocycles. The van der Waals surface area contributed by atoms with Crippen LogP contribution in [0, 0.1) is 13.8 Å². The van der Waals surface area contributed by atoms with E-state index in [1.165, 1.54) is 4.98 Å². The first-order valence-corrected chi connectivity index (χ1v) is 2.89. The first-order chi connectivity index (χ1) is 4.61. The molecule has 0 atom stereocenters. The summed E-state index contributed by atoms with van der Waals surface area (Å²) in [5.41, 5.74) is 7.45. The summed E-state index contributed by atoms with van der Waals surface area (Å²) in [7, 11) is 0. The molecule has 9 heavy (non-hydrogen) atoms. The largest absolute Gasteiger partial charge is 0.312 e. The Balaban J connectivity index is 3.31. The Bertz CT molecular complexity index is 235. The van der Waals surface area contributed by atoms with E-state index in [2.05, 4.69) is 0 Å². The fourth-order valence-electron chi connectivity index (χ4n) is 0.873. The number of aromatic amines is 1. The molecule has 1 rings (SSSR count). The summed E-state index contributed by atoms with van der Waals surface area (Å²) >= 11 is 0. The molecular formula is C7H11N2+. The SMILES string of the molecule is [2H][n+]1c(C)cc(C)cc1N. The Morgan fingerprint density at radius 2 is 2.22 bits per heavy atom. The van der Waals surface area contributed by atoms with Crippen molar-refractivity contribution in [3.8, 4) is 0 Å². The smallest absolute Gasteiger partial charge is 0.287 e. The van der Waals surface area contributed by atoms with Crippen molar-refractivity contribution in [3.63, 3.8) is 0 Å². The zero-order valence-corrected chi connectivity index (χ0v) is 5.68. The second kappa shape index (κ2) is 2.05. The highest BCUT2D eigenvalue weighted by atomic mass is 14.8. The lowest BCUT2D eigenvalue weighted by atomic mass is 10.2. The van der Waals surface area contributed by atoms with Gasteiger partial charge in [0.1, 0.15) is 0 Å². The van der Waals surface area contributed by atoms with Crippen LogP contribution in [-0.4, -0.2) is 0 Å². The Morgan fingerprint density at radius 3 is 2.78 bits per heavy atom. The molecule has 48 valence electrons. The maximum absolute atomic E-state index is 7.33. The second-order valence-corrected chi connectivity index (χ2v) is 2.21. The van der Waals surface area contributed by atoms with Gasteiger partial charge in [0.05, 0.1) is 5.69 Å². The van der Waals surface area contributed by atoms with Crippen molar-refractivity contribution < 1.29 is 6.39 Å². The second-order valence-electron chi connectivity index (χ2n) is 2.21. The highest BCUT2D eigenvalue weighted by Gasteiger charge is 1.94. The number of aromatic nitrogens is 1. The fourth-order valence-corrected chi connectivity index (χ4v) is 0.873. The Kier molecular flexibility index (Phi) is 1.09. The van der Waals surface area contributed by atoms with E-state index in [0.717, 1.165) is 11.3 Å². The quantitative estimate of drug-likeness (QED) is 0.543. The number of nitrogen functional groups attached to an aromatic ring is 1. The topological polar surface area (TPSA) is 40.2 Å². The van der Waals surface area contributed by atoms with Gasteiger partial charge >= 0.3 is 1.41 Å².